The van der Waals surface area contributed by atoms with Crippen molar-refractivity contribution in [3.63, 3.8) is 0 Å². The van der Waals surface area contributed by atoms with Crippen molar-refractivity contribution in [2.45, 2.75) is 51.7 Å². The van der Waals surface area contributed by atoms with Crippen molar-refractivity contribution in [1.29, 1.82) is 0 Å². The molecule has 24 heavy (non-hydrogen) atoms. The SMILES string of the molecule is CCCNC1CC(c2ccc(OCc3ccccc3)cc2)C1CC. The number of benzene rings is 2. The normalized spacial score (nSPS) is 22.8. The fourth-order valence-electron chi connectivity index (χ4n) is 3.78. The van der Waals surface area contributed by atoms with Crippen LogP contribution < -0.4 is 10.1 Å². The Kier molecular flexibility index (Phi) is 5.92. The monoisotopic (exact) mass is 323 g/mol. The average Bonchev–Trinajstić information content (AvgIpc) is 2.61. The van der Waals surface area contributed by atoms with Crippen LogP contribution in [-0.4, -0.2) is 12.6 Å². The van der Waals surface area contributed by atoms with Crippen LogP contribution >= 0.6 is 0 Å². The van der Waals surface area contributed by atoms with Crippen molar-refractivity contribution in [3.05, 3.63) is 65.7 Å². The highest BCUT2D eigenvalue weighted by atomic mass is 16.5. The third-order valence-electron chi connectivity index (χ3n) is 5.23. The molecule has 0 amide bonds. The molecule has 2 aromatic carbocycles. The number of rotatable bonds is 8. The summed E-state index contributed by atoms with van der Waals surface area (Å²) in [5, 5.41) is 3.69. The van der Waals surface area contributed by atoms with Gasteiger partial charge in [0.2, 0.25) is 0 Å². The number of ether oxygens (including phenoxy) is 1. The molecule has 0 radical (unpaired) electrons. The van der Waals surface area contributed by atoms with E-state index < -0.39 is 0 Å². The first-order valence-corrected chi connectivity index (χ1v) is 9.31. The van der Waals surface area contributed by atoms with E-state index in [9.17, 15) is 0 Å². The Morgan fingerprint density at radius 2 is 1.75 bits per heavy atom. The molecule has 0 spiro atoms. The molecule has 1 saturated carbocycles. The van der Waals surface area contributed by atoms with E-state index in [2.05, 4.69) is 55.6 Å². The second-order valence-electron chi connectivity index (χ2n) is 6.82. The summed E-state index contributed by atoms with van der Waals surface area (Å²) >= 11 is 0. The van der Waals surface area contributed by atoms with Crippen LogP contribution in [0.25, 0.3) is 0 Å². The van der Waals surface area contributed by atoms with Crippen LogP contribution in [0.2, 0.25) is 0 Å². The van der Waals surface area contributed by atoms with Crippen LogP contribution in [0.15, 0.2) is 54.6 Å². The van der Waals surface area contributed by atoms with E-state index in [4.69, 9.17) is 4.74 Å². The molecule has 1 aliphatic rings. The van der Waals surface area contributed by atoms with Crippen LogP contribution in [-0.2, 0) is 6.61 Å². The maximum atomic E-state index is 5.89. The maximum absolute atomic E-state index is 5.89. The molecule has 3 unspecified atom stereocenters. The lowest BCUT2D eigenvalue weighted by Gasteiger charge is -2.45. The minimum atomic E-state index is 0.629. The van der Waals surface area contributed by atoms with E-state index in [0.29, 0.717) is 18.6 Å². The standard InChI is InChI=1S/C22H29NO/c1-3-14-23-22-15-21(20(22)4-2)18-10-12-19(13-11-18)24-16-17-8-6-5-7-9-17/h5-13,20-23H,3-4,14-16H2,1-2H3. The van der Waals surface area contributed by atoms with E-state index in [1.807, 2.05) is 18.2 Å². The van der Waals surface area contributed by atoms with E-state index in [1.54, 1.807) is 0 Å². The zero-order chi connectivity index (χ0) is 16.8. The summed E-state index contributed by atoms with van der Waals surface area (Å²) in [7, 11) is 0. The highest BCUT2D eigenvalue weighted by Gasteiger charge is 2.39. The summed E-state index contributed by atoms with van der Waals surface area (Å²) in [6, 6.07) is 19.8. The second kappa shape index (κ2) is 8.34. The Morgan fingerprint density at radius 3 is 2.42 bits per heavy atom. The summed E-state index contributed by atoms with van der Waals surface area (Å²) in [5.41, 5.74) is 2.67. The van der Waals surface area contributed by atoms with Gasteiger partial charge in [-0.2, -0.15) is 0 Å². The van der Waals surface area contributed by atoms with Crippen LogP contribution in [0.3, 0.4) is 0 Å². The summed E-state index contributed by atoms with van der Waals surface area (Å²) in [6.45, 7) is 6.32. The van der Waals surface area contributed by atoms with Gasteiger partial charge in [-0.15, -0.1) is 0 Å². The Bertz CT molecular complexity index is 608. The summed E-state index contributed by atoms with van der Waals surface area (Å²) in [4.78, 5) is 0. The molecular formula is C22H29NO. The fourth-order valence-corrected chi connectivity index (χ4v) is 3.78. The van der Waals surface area contributed by atoms with Gasteiger partial charge in [0.1, 0.15) is 12.4 Å². The van der Waals surface area contributed by atoms with Gasteiger partial charge < -0.3 is 10.1 Å². The largest absolute Gasteiger partial charge is 0.489 e. The van der Waals surface area contributed by atoms with Crippen molar-refractivity contribution in [2.24, 2.45) is 5.92 Å². The van der Waals surface area contributed by atoms with Crippen molar-refractivity contribution >= 4 is 0 Å². The molecule has 1 aliphatic carbocycles. The Hall–Kier alpha value is -1.80. The first-order chi connectivity index (χ1) is 11.8. The number of hydrogen-bond acceptors (Lipinski definition) is 2. The van der Waals surface area contributed by atoms with Crippen LogP contribution in [0.1, 0.15) is 50.2 Å². The number of nitrogens with one attached hydrogen (secondary N) is 1. The van der Waals surface area contributed by atoms with Crippen molar-refractivity contribution in [2.75, 3.05) is 6.54 Å². The zero-order valence-corrected chi connectivity index (χ0v) is 14.9. The first-order valence-electron chi connectivity index (χ1n) is 9.31. The van der Waals surface area contributed by atoms with Crippen molar-refractivity contribution < 1.29 is 4.74 Å². The Balaban J connectivity index is 1.55. The van der Waals surface area contributed by atoms with Crippen molar-refractivity contribution in [1.82, 2.24) is 5.32 Å². The lowest BCUT2D eigenvalue weighted by Crippen LogP contribution is -2.49. The van der Waals surface area contributed by atoms with E-state index >= 15 is 0 Å². The molecule has 0 saturated heterocycles. The maximum Gasteiger partial charge on any atom is 0.119 e. The van der Waals surface area contributed by atoms with E-state index in [-0.39, 0.29) is 0 Å². The highest BCUT2D eigenvalue weighted by Crippen LogP contribution is 2.44. The molecule has 0 aromatic heterocycles. The minimum absolute atomic E-state index is 0.629. The summed E-state index contributed by atoms with van der Waals surface area (Å²) in [6.07, 6.45) is 3.73. The molecule has 0 bridgehead atoms. The first kappa shape index (κ1) is 17.0. The van der Waals surface area contributed by atoms with Gasteiger partial charge in [0, 0.05) is 6.04 Å². The molecule has 0 heterocycles. The topological polar surface area (TPSA) is 21.3 Å². The molecular weight excluding hydrogens is 294 g/mol. The Labute approximate surface area is 146 Å². The third-order valence-corrected chi connectivity index (χ3v) is 5.23. The fraction of sp³-hybridized carbons (Fsp3) is 0.455. The summed E-state index contributed by atoms with van der Waals surface area (Å²) < 4.78 is 5.89. The Morgan fingerprint density at radius 1 is 1.00 bits per heavy atom. The second-order valence-corrected chi connectivity index (χ2v) is 6.82. The molecule has 3 rings (SSSR count). The van der Waals surface area contributed by atoms with Gasteiger partial charge in [0.15, 0.2) is 0 Å². The lowest BCUT2D eigenvalue weighted by molar-refractivity contribution is 0.161. The minimum Gasteiger partial charge on any atom is -0.489 e. The average molecular weight is 323 g/mol. The molecule has 0 aliphatic heterocycles. The molecule has 3 atom stereocenters. The van der Waals surface area contributed by atoms with Crippen molar-refractivity contribution in [3.8, 4) is 5.75 Å². The number of hydrogen-bond donors (Lipinski definition) is 1. The predicted molar refractivity (Wildman–Crippen MR) is 100 cm³/mol. The molecule has 2 nitrogen and oxygen atoms in total. The van der Waals surface area contributed by atoms with Gasteiger partial charge in [-0.3, -0.25) is 0 Å². The van der Waals surface area contributed by atoms with Crippen LogP contribution in [0, 0.1) is 5.92 Å². The molecule has 128 valence electrons. The van der Waals surface area contributed by atoms with E-state index in [0.717, 1.165) is 18.2 Å². The van der Waals surface area contributed by atoms with E-state index in [1.165, 1.54) is 30.4 Å². The summed E-state index contributed by atoms with van der Waals surface area (Å²) in [5.74, 6) is 2.43. The third kappa shape index (κ3) is 3.99. The lowest BCUT2D eigenvalue weighted by atomic mass is 9.65. The van der Waals surface area contributed by atoms with Gasteiger partial charge in [-0.1, -0.05) is 62.7 Å². The van der Waals surface area contributed by atoms with Gasteiger partial charge in [0.05, 0.1) is 0 Å². The van der Waals surface area contributed by atoms with Gasteiger partial charge >= 0.3 is 0 Å². The van der Waals surface area contributed by atoms with Crippen LogP contribution in [0.4, 0.5) is 0 Å². The van der Waals surface area contributed by atoms with Gasteiger partial charge in [-0.05, 0) is 54.5 Å². The smallest absolute Gasteiger partial charge is 0.119 e. The highest BCUT2D eigenvalue weighted by molar-refractivity contribution is 5.32. The molecule has 2 aromatic rings. The molecule has 2 heteroatoms. The molecule has 1 fully saturated rings. The van der Waals surface area contributed by atoms with Gasteiger partial charge in [-0.25, -0.2) is 0 Å². The van der Waals surface area contributed by atoms with Crippen LogP contribution in [0.5, 0.6) is 5.75 Å². The quantitative estimate of drug-likeness (QED) is 0.725. The predicted octanol–water partition coefficient (Wildman–Crippen LogP) is 5.15. The van der Waals surface area contributed by atoms with Gasteiger partial charge in [0.25, 0.3) is 0 Å². The molecule has 1 N–H and O–H groups in total. The zero-order valence-electron chi connectivity index (χ0n) is 14.9.